The molecule has 0 radical (unpaired) electrons. The highest BCUT2D eigenvalue weighted by Crippen LogP contribution is 2.04. The fraction of sp³-hybridized carbons (Fsp3) is 0.765. The van der Waals surface area contributed by atoms with E-state index in [4.69, 9.17) is 4.74 Å². The van der Waals surface area contributed by atoms with Crippen molar-refractivity contribution in [3.05, 3.63) is 24.0 Å². The van der Waals surface area contributed by atoms with Gasteiger partial charge in [0.05, 0.1) is 6.61 Å². The first-order chi connectivity index (χ1) is 8.85. The molecule has 0 aromatic heterocycles. The molecule has 0 aliphatic heterocycles. The summed E-state index contributed by atoms with van der Waals surface area (Å²) in [5, 5.41) is 0. The minimum absolute atomic E-state index is 0.846. The smallest absolute Gasteiger partial charge is 0.114 e. The Kier molecular flexibility index (Phi) is 31.5. The van der Waals surface area contributed by atoms with Crippen molar-refractivity contribution in [1.29, 1.82) is 0 Å². The summed E-state index contributed by atoms with van der Waals surface area (Å²) in [5.74, 6) is 1.04. The second-order valence-corrected chi connectivity index (χ2v) is 3.41. The summed E-state index contributed by atoms with van der Waals surface area (Å²) in [6.45, 7) is 15.3. The van der Waals surface area contributed by atoms with Crippen LogP contribution in [0.25, 0.3) is 0 Å². The highest BCUT2D eigenvalue weighted by molar-refractivity contribution is 5.11. The van der Waals surface area contributed by atoms with Gasteiger partial charge in [0.25, 0.3) is 0 Å². The third-order valence-electron chi connectivity index (χ3n) is 1.91. The Hall–Kier alpha value is -0.720. The fourth-order valence-corrected chi connectivity index (χ4v) is 1.08. The summed E-state index contributed by atoms with van der Waals surface area (Å²) < 4.78 is 5.64. The van der Waals surface area contributed by atoms with Crippen LogP contribution in [0.4, 0.5) is 0 Å². The van der Waals surface area contributed by atoms with E-state index >= 15 is 0 Å². The van der Waals surface area contributed by atoms with Crippen molar-refractivity contribution in [3.8, 4) is 0 Å². The largest absolute Gasteiger partial charge is 0.494 e. The van der Waals surface area contributed by atoms with E-state index in [0.717, 1.165) is 31.6 Å². The monoisotopic (exact) mass is 256 g/mol. The number of hydrogen-bond acceptors (Lipinski definition) is 1. The average molecular weight is 256 g/mol. The minimum Gasteiger partial charge on any atom is -0.494 e. The van der Waals surface area contributed by atoms with Gasteiger partial charge in [-0.1, -0.05) is 67.4 Å². The van der Waals surface area contributed by atoms with E-state index < -0.39 is 0 Å². The number of ether oxygens (including phenoxy) is 1. The first-order valence-electron chi connectivity index (χ1n) is 7.84. The van der Waals surface area contributed by atoms with E-state index in [-0.39, 0.29) is 0 Å². The van der Waals surface area contributed by atoms with E-state index in [0.29, 0.717) is 0 Å². The second kappa shape index (κ2) is 25.2. The van der Waals surface area contributed by atoms with Gasteiger partial charge in [-0.3, -0.25) is 0 Å². The van der Waals surface area contributed by atoms with Crippen molar-refractivity contribution in [3.63, 3.8) is 0 Å². The van der Waals surface area contributed by atoms with E-state index in [2.05, 4.69) is 39.0 Å². The maximum Gasteiger partial charge on any atom is 0.114 e. The van der Waals surface area contributed by atoms with Crippen LogP contribution >= 0.6 is 0 Å². The summed E-state index contributed by atoms with van der Waals surface area (Å²) in [7, 11) is 0. The van der Waals surface area contributed by atoms with Gasteiger partial charge in [-0.15, -0.1) is 0 Å². The summed E-state index contributed by atoms with van der Waals surface area (Å²) in [6.07, 6.45) is 12.1. The van der Waals surface area contributed by atoms with Crippen molar-refractivity contribution >= 4 is 0 Å². The Bertz CT molecular complexity index is 168. The second-order valence-electron chi connectivity index (χ2n) is 3.41. The van der Waals surface area contributed by atoms with Crippen molar-refractivity contribution < 1.29 is 4.74 Å². The van der Waals surface area contributed by atoms with E-state index in [1.54, 1.807) is 0 Å². The molecule has 0 aliphatic carbocycles. The zero-order valence-electron chi connectivity index (χ0n) is 13.9. The highest BCUT2D eigenvalue weighted by atomic mass is 16.5. The maximum absolute atomic E-state index is 5.64. The van der Waals surface area contributed by atoms with Crippen LogP contribution < -0.4 is 0 Å². The molecule has 0 aromatic rings. The van der Waals surface area contributed by atoms with Crippen molar-refractivity contribution in [2.45, 2.75) is 80.6 Å². The van der Waals surface area contributed by atoms with Crippen LogP contribution in [-0.4, -0.2) is 6.61 Å². The lowest BCUT2D eigenvalue weighted by molar-refractivity contribution is 0.218. The Labute approximate surface area is 116 Å². The Morgan fingerprint density at radius 3 is 2.00 bits per heavy atom. The number of unbranched alkanes of at least 4 members (excludes halogenated alkanes) is 2. The lowest BCUT2D eigenvalue weighted by Crippen LogP contribution is -1.92. The number of allylic oxidation sites excluding steroid dienone is 3. The van der Waals surface area contributed by atoms with Gasteiger partial charge in [0.2, 0.25) is 0 Å². The Balaban J connectivity index is -0.000000506. The predicted molar refractivity (Wildman–Crippen MR) is 86.0 cm³/mol. The molecule has 18 heavy (non-hydrogen) atoms. The topological polar surface area (TPSA) is 9.23 Å². The van der Waals surface area contributed by atoms with Gasteiger partial charge in [-0.25, -0.2) is 0 Å². The van der Waals surface area contributed by atoms with Crippen LogP contribution in [0.15, 0.2) is 24.0 Å². The molecule has 0 saturated heterocycles. The molecule has 1 nitrogen and oxygen atoms in total. The molecule has 0 aliphatic rings. The zero-order chi connectivity index (χ0) is 14.6. The third-order valence-corrected chi connectivity index (χ3v) is 1.91. The first kappa shape index (κ1) is 22.5. The van der Waals surface area contributed by atoms with Crippen LogP contribution in [0.2, 0.25) is 0 Å². The molecule has 1 heteroatoms. The Morgan fingerprint density at radius 1 is 0.944 bits per heavy atom. The molecule has 0 bridgehead atoms. The normalized spacial score (nSPS) is 10.3. The standard InChI is InChI=1S/C13H24O.2C2H6/c1-4-7-9-11-13(10-6-3)14-12-8-5-2;2*1-2/h9-11H,4-8,12H2,1-3H3;2*1-2H3/b11-9-,13-10+;;. The van der Waals surface area contributed by atoms with Crippen LogP contribution in [0, 0.1) is 0 Å². The lowest BCUT2D eigenvalue weighted by atomic mass is 10.3. The molecule has 0 unspecified atom stereocenters. The van der Waals surface area contributed by atoms with Crippen LogP contribution in [0.1, 0.15) is 80.6 Å². The van der Waals surface area contributed by atoms with Gasteiger partial charge in [-0.2, -0.15) is 0 Å². The van der Waals surface area contributed by atoms with Crippen molar-refractivity contribution in [2.75, 3.05) is 6.61 Å². The van der Waals surface area contributed by atoms with Gasteiger partial charge < -0.3 is 4.74 Å². The quantitative estimate of drug-likeness (QED) is 0.273. The molecule has 0 aromatic carbocycles. The Morgan fingerprint density at radius 2 is 1.56 bits per heavy atom. The molecule has 0 spiro atoms. The summed E-state index contributed by atoms with van der Waals surface area (Å²) in [5.41, 5.74) is 0. The zero-order valence-corrected chi connectivity index (χ0v) is 13.9. The van der Waals surface area contributed by atoms with Gasteiger partial charge in [0, 0.05) is 0 Å². The number of hydrogen-bond donors (Lipinski definition) is 0. The van der Waals surface area contributed by atoms with Crippen molar-refractivity contribution in [1.82, 2.24) is 0 Å². The minimum atomic E-state index is 0.846. The fourth-order valence-electron chi connectivity index (χ4n) is 1.08. The van der Waals surface area contributed by atoms with Crippen molar-refractivity contribution in [2.24, 2.45) is 0 Å². The third kappa shape index (κ3) is 20.7. The predicted octanol–water partition coefficient (Wildman–Crippen LogP) is 6.51. The average Bonchev–Trinajstić information content (AvgIpc) is 2.44. The summed E-state index contributed by atoms with van der Waals surface area (Å²) >= 11 is 0. The van der Waals surface area contributed by atoms with E-state index in [9.17, 15) is 0 Å². The summed E-state index contributed by atoms with van der Waals surface area (Å²) in [6, 6.07) is 0. The van der Waals surface area contributed by atoms with Crippen LogP contribution in [0.5, 0.6) is 0 Å². The van der Waals surface area contributed by atoms with Crippen LogP contribution in [0.3, 0.4) is 0 Å². The molecule has 0 N–H and O–H groups in total. The summed E-state index contributed by atoms with van der Waals surface area (Å²) in [4.78, 5) is 0. The van der Waals surface area contributed by atoms with Gasteiger partial charge in [0.15, 0.2) is 0 Å². The molecule has 0 amide bonds. The van der Waals surface area contributed by atoms with E-state index in [1.165, 1.54) is 12.8 Å². The maximum atomic E-state index is 5.64. The van der Waals surface area contributed by atoms with E-state index in [1.807, 2.05) is 27.7 Å². The number of rotatable bonds is 8. The van der Waals surface area contributed by atoms with Gasteiger partial charge in [0.1, 0.15) is 5.76 Å². The molecule has 0 rings (SSSR count). The molecular formula is C17H36O. The van der Waals surface area contributed by atoms with Gasteiger partial charge in [-0.05, 0) is 31.4 Å². The molecule has 110 valence electrons. The van der Waals surface area contributed by atoms with Crippen LogP contribution in [-0.2, 0) is 4.74 Å². The molecule has 0 atom stereocenters. The SMILES string of the molecule is CC.CC.CC/C=C(\C=C/CCC)OCCCC. The lowest BCUT2D eigenvalue weighted by Gasteiger charge is -2.05. The molecule has 0 fully saturated rings. The van der Waals surface area contributed by atoms with Gasteiger partial charge >= 0.3 is 0 Å². The highest BCUT2D eigenvalue weighted by Gasteiger charge is 1.91. The molecule has 0 saturated carbocycles. The molecule has 0 heterocycles. The first-order valence-corrected chi connectivity index (χ1v) is 7.84. The molecular weight excluding hydrogens is 220 g/mol.